The summed E-state index contributed by atoms with van der Waals surface area (Å²) in [5, 5.41) is 5.94. The smallest absolute Gasteiger partial charge is 0.255 e. The van der Waals surface area contributed by atoms with Crippen molar-refractivity contribution in [3.8, 4) is 0 Å². The fourth-order valence-electron chi connectivity index (χ4n) is 1.98. The van der Waals surface area contributed by atoms with Crippen molar-refractivity contribution in [1.29, 1.82) is 0 Å². The summed E-state index contributed by atoms with van der Waals surface area (Å²) < 4.78 is 4.89. The second kappa shape index (κ2) is 8.31. The van der Waals surface area contributed by atoms with Gasteiger partial charge in [-0.2, -0.15) is 0 Å². The van der Waals surface area contributed by atoms with E-state index in [1.807, 2.05) is 0 Å². The summed E-state index contributed by atoms with van der Waals surface area (Å²) in [6.45, 7) is 0.814. The van der Waals surface area contributed by atoms with Gasteiger partial charge in [-0.25, -0.2) is 0 Å². The third-order valence-electron chi connectivity index (χ3n) is 3.10. The number of para-hydroxylation sites is 1. The van der Waals surface area contributed by atoms with Crippen LogP contribution in [0.4, 0.5) is 5.69 Å². The zero-order chi connectivity index (χ0) is 16.7. The van der Waals surface area contributed by atoms with E-state index >= 15 is 0 Å². The SMILES string of the molecule is COCCNC(=O)c1ccccc1NC(=O)c1cccc(Cl)c1. The molecule has 0 aliphatic heterocycles. The van der Waals surface area contributed by atoms with Gasteiger partial charge in [0.05, 0.1) is 17.9 Å². The number of hydrogen-bond acceptors (Lipinski definition) is 3. The summed E-state index contributed by atoms with van der Waals surface area (Å²) >= 11 is 5.89. The lowest BCUT2D eigenvalue weighted by atomic mass is 10.1. The second-order valence-electron chi connectivity index (χ2n) is 4.76. The van der Waals surface area contributed by atoms with Crippen molar-refractivity contribution in [3.63, 3.8) is 0 Å². The fourth-order valence-corrected chi connectivity index (χ4v) is 2.17. The minimum atomic E-state index is -0.329. The molecular weight excluding hydrogens is 316 g/mol. The van der Waals surface area contributed by atoms with E-state index in [4.69, 9.17) is 16.3 Å². The lowest BCUT2D eigenvalue weighted by Gasteiger charge is -2.11. The molecule has 0 fully saturated rings. The molecule has 0 heterocycles. The Morgan fingerprint density at radius 2 is 1.87 bits per heavy atom. The number of carbonyl (C=O) groups excluding carboxylic acids is 2. The average Bonchev–Trinajstić information content (AvgIpc) is 2.55. The number of benzene rings is 2. The summed E-state index contributed by atoms with van der Waals surface area (Å²) in [4.78, 5) is 24.5. The second-order valence-corrected chi connectivity index (χ2v) is 5.20. The van der Waals surface area contributed by atoms with E-state index in [2.05, 4.69) is 10.6 Å². The van der Waals surface area contributed by atoms with Crippen LogP contribution in [0.25, 0.3) is 0 Å². The Bertz CT molecular complexity index is 704. The van der Waals surface area contributed by atoms with Crippen molar-refractivity contribution in [2.24, 2.45) is 0 Å². The van der Waals surface area contributed by atoms with Crippen molar-refractivity contribution >= 4 is 29.1 Å². The molecule has 0 bridgehead atoms. The molecular formula is C17H17ClN2O3. The predicted octanol–water partition coefficient (Wildman–Crippen LogP) is 2.97. The highest BCUT2D eigenvalue weighted by Crippen LogP contribution is 2.17. The van der Waals surface area contributed by atoms with Gasteiger partial charge in [-0.3, -0.25) is 9.59 Å². The maximum Gasteiger partial charge on any atom is 0.255 e. The Labute approximate surface area is 139 Å². The van der Waals surface area contributed by atoms with E-state index in [9.17, 15) is 9.59 Å². The van der Waals surface area contributed by atoms with Crippen molar-refractivity contribution in [2.45, 2.75) is 0 Å². The van der Waals surface area contributed by atoms with E-state index in [1.165, 1.54) is 0 Å². The van der Waals surface area contributed by atoms with Gasteiger partial charge in [0.25, 0.3) is 11.8 Å². The number of amides is 2. The molecule has 0 aliphatic rings. The van der Waals surface area contributed by atoms with Crippen molar-refractivity contribution in [3.05, 3.63) is 64.7 Å². The highest BCUT2D eigenvalue weighted by atomic mass is 35.5. The molecule has 0 atom stereocenters. The fraction of sp³-hybridized carbons (Fsp3) is 0.176. The van der Waals surface area contributed by atoms with Crippen LogP contribution >= 0.6 is 11.6 Å². The molecule has 0 radical (unpaired) electrons. The molecule has 5 nitrogen and oxygen atoms in total. The number of hydrogen-bond donors (Lipinski definition) is 2. The Morgan fingerprint density at radius 3 is 2.61 bits per heavy atom. The molecule has 0 aromatic heterocycles. The zero-order valence-electron chi connectivity index (χ0n) is 12.6. The lowest BCUT2D eigenvalue weighted by Crippen LogP contribution is -2.28. The first-order chi connectivity index (χ1) is 11.1. The topological polar surface area (TPSA) is 67.4 Å². The van der Waals surface area contributed by atoms with Gasteiger partial charge < -0.3 is 15.4 Å². The first-order valence-electron chi connectivity index (χ1n) is 7.05. The average molecular weight is 333 g/mol. The number of rotatable bonds is 6. The van der Waals surface area contributed by atoms with Crippen molar-refractivity contribution in [1.82, 2.24) is 5.32 Å². The Balaban J connectivity index is 2.14. The molecule has 0 saturated carbocycles. The van der Waals surface area contributed by atoms with E-state index in [-0.39, 0.29) is 11.8 Å². The molecule has 120 valence electrons. The molecule has 0 saturated heterocycles. The molecule has 2 N–H and O–H groups in total. The van der Waals surface area contributed by atoms with Gasteiger partial charge in [0, 0.05) is 24.2 Å². The van der Waals surface area contributed by atoms with Gasteiger partial charge in [-0.1, -0.05) is 29.8 Å². The molecule has 0 aliphatic carbocycles. The third kappa shape index (κ3) is 4.81. The van der Waals surface area contributed by atoms with Gasteiger partial charge >= 0.3 is 0 Å². The normalized spacial score (nSPS) is 10.2. The summed E-state index contributed by atoms with van der Waals surface area (Å²) in [6.07, 6.45) is 0. The first-order valence-corrected chi connectivity index (χ1v) is 7.42. The number of ether oxygens (including phenoxy) is 1. The number of carbonyl (C=O) groups is 2. The Morgan fingerprint density at radius 1 is 1.09 bits per heavy atom. The van der Waals surface area contributed by atoms with Crippen LogP contribution in [0.15, 0.2) is 48.5 Å². The standard InChI is InChI=1S/C17H17ClN2O3/c1-23-10-9-19-17(22)14-7-2-3-8-15(14)20-16(21)12-5-4-6-13(18)11-12/h2-8,11H,9-10H2,1H3,(H,19,22)(H,20,21). The Kier molecular flexibility index (Phi) is 6.14. The number of anilines is 1. The highest BCUT2D eigenvalue weighted by molar-refractivity contribution is 6.31. The summed E-state index contributed by atoms with van der Waals surface area (Å²) in [5.74, 6) is -0.603. The minimum absolute atomic E-state index is 0.274. The van der Waals surface area contributed by atoms with E-state index < -0.39 is 0 Å². The molecule has 23 heavy (non-hydrogen) atoms. The van der Waals surface area contributed by atoms with Crippen LogP contribution in [0.1, 0.15) is 20.7 Å². The summed E-state index contributed by atoms with van der Waals surface area (Å²) in [6, 6.07) is 13.4. The molecule has 2 amide bonds. The largest absolute Gasteiger partial charge is 0.383 e. The van der Waals surface area contributed by atoms with Gasteiger partial charge in [0.15, 0.2) is 0 Å². The maximum absolute atomic E-state index is 12.3. The van der Waals surface area contributed by atoms with Crippen molar-refractivity contribution in [2.75, 3.05) is 25.6 Å². The van der Waals surface area contributed by atoms with Crippen LogP contribution < -0.4 is 10.6 Å². The summed E-state index contributed by atoms with van der Waals surface area (Å²) in [5.41, 5.74) is 1.25. The van der Waals surface area contributed by atoms with Crippen LogP contribution in [0.3, 0.4) is 0 Å². The zero-order valence-corrected chi connectivity index (χ0v) is 13.4. The minimum Gasteiger partial charge on any atom is -0.383 e. The van der Waals surface area contributed by atoms with Gasteiger partial charge in [-0.15, -0.1) is 0 Å². The maximum atomic E-state index is 12.3. The van der Waals surface area contributed by atoms with Crippen LogP contribution in [0.5, 0.6) is 0 Å². The quantitative estimate of drug-likeness (QED) is 0.799. The van der Waals surface area contributed by atoms with Gasteiger partial charge in [-0.05, 0) is 30.3 Å². The van der Waals surface area contributed by atoms with Gasteiger partial charge in [0.2, 0.25) is 0 Å². The van der Waals surface area contributed by atoms with Crippen LogP contribution in [-0.2, 0) is 4.74 Å². The number of halogens is 1. The van der Waals surface area contributed by atoms with E-state index in [0.29, 0.717) is 35.0 Å². The third-order valence-corrected chi connectivity index (χ3v) is 3.33. The molecule has 0 spiro atoms. The van der Waals surface area contributed by atoms with E-state index in [1.54, 1.807) is 55.6 Å². The number of methoxy groups -OCH3 is 1. The van der Waals surface area contributed by atoms with Crippen molar-refractivity contribution < 1.29 is 14.3 Å². The first kappa shape index (κ1) is 17.0. The molecule has 2 rings (SSSR count). The van der Waals surface area contributed by atoms with E-state index in [0.717, 1.165) is 0 Å². The number of nitrogens with one attached hydrogen (secondary N) is 2. The molecule has 2 aromatic carbocycles. The molecule has 0 unspecified atom stereocenters. The highest BCUT2D eigenvalue weighted by Gasteiger charge is 2.13. The predicted molar refractivity (Wildman–Crippen MR) is 90.1 cm³/mol. The van der Waals surface area contributed by atoms with Gasteiger partial charge in [0.1, 0.15) is 0 Å². The van der Waals surface area contributed by atoms with Crippen LogP contribution in [-0.4, -0.2) is 32.1 Å². The monoisotopic (exact) mass is 332 g/mol. The van der Waals surface area contributed by atoms with Crippen LogP contribution in [0, 0.1) is 0 Å². The Hall–Kier alpha value is -2.37. The molecule has 2 aromatic rings. The summed E-state index contributed by atoms with van der Waals surface area (Å²) in [7, 11) is 1.56. The lowest BCUT2D eigenvalue weighted by molar-refractivity contribution is 0.0938. The van der Waals surface area contributed by atoms with Crippen LogP contribution in [0.2, 0.25) is 5.02 Å². The molecule has 6 heteroatoms.